The molecule has 0 unspecified atom stereocenters. The second-order valence-electron chi connectivity index (χ2n) is 5.07. The molecular formula is C15H20N4O2S. The number of hydrogen-bond donors (Lipinski definition) is 2. The third-order valence-corrected chi connectivity index (χ3v) is 4.22. The van der Waals surface area contributed by atoms with Gasteiger partial charge in [0.05, 0.1) is 5.75 Å². The molecule has 0 radical (unpaired) electrons. The van der Waals surface area contributed by atoms with Crippen molar-refractivity contribution in [1.29, 1.82) is 0 Å². The first-order chi connectivity index (χ1) is 10.5. The zero-order chi connectivity index (χ0) is 16.1. The highest BCUT2D eigenvalue weighted by molar-refractivity contribution is 7.99. The fourth-order valence-corrected chi connectivity index (χ4v) is 2.92. The van der Waals surface area contributed by atoms with Gasteiger partial charge in [-0.05, 0) is 31.4 Å². The number of aromatic nitrogens is 3. The number of rotatable bonds is 6. The minimum atomic E-state index is -0.237. The quantitative estimate of drug-likeness (QED) is 0.801. The standard InChI is InChI=1S/C15H20N4O2S/c1-4-8-19-14(21)17-18-15(19)22-9-12(20)16-13-10(2)6-5-7-11(13)3/h5-7H,4,8-9H2,1-3H3,(H,16,20)(H,17,21). The average Bonchev–Trinajstić information content (AvgIpc) is 2.82. The number of carbonyl (C=O) groups is 1. The van der Waals surface area contributed by atoms with Gasteiger partial charge in [0.15, 0.2) is 5.16 Å². The van der Waals surface area contributed by atoms with Gasteiger partial charge in [-0.15, -0.1) is 5.10 Å². The van der Waals surface area contributed by atoms with Crippen LogP contribution >= 0.6 is 11.8 Å². The topological polar surface area (TPSA) is 79.8 Å². The van der Waals surface area contributed by atoms with E-state index in [1.165, 1.54) is 11.8 Å². The highest BCUT2D eigenvalue weighted by Crippen LogP contribution is 2.20. The van der Waals surface area contributed by atoms with E-state index in [0.717, 1.165) is 23.2 Å². The predicted molar refractivity (Wildman–Crippen MR) is 88.4 cm³/mol. The molecule has 22 heavy (non-hydrogen) atoms. The molecule has 0 bridgehead atoms. The molecule has 0 aliphatic carbocycles. The van der Waals surface area contributed by atoms with Gasteiger partial charge in [-0.1, -0.05) is 36.9 Å². The Kier molecular flexibility index (Phi) is 5.43. The number of hydrogen-bond acceptors (Lipinski definition) is 4. The first-order valence-corrected chi connectivity index (χ1v) is 8.15. The van der Waals surface area contributed by atoms with Crippen molar-refractivity contribution in [1.82, 2.24) is 14.8 Å². The Morgan fingerprint density at radius 1 is 1.36 bits per heavy atom. The molecule has 1 heterocycles. The summed E-state index contributed by atoms with van der Waals surface area (Å²) < 4.78 is 1.55. The lowest BCUT2D eigenvalue weighted by Gasteiger charge is -2.11. The molecule has 7 heteroatoms. The molecule has 2 N–H and O–H groups in total. The summed E-state index contributed by atoms with van der Waals surface area (Å²) in [6.45, 7) is 6.50. The molecule has 0 aliphatic heterocycles. The largest absolute Gasteiger partial charge is 0.343 e. The Hall–Kier alpha value is -2.02. The normalized spacial score (nSPS) is 10.7. The molecule has 0 saturated carbocycles. The van der Waals surface area contributed by atoms with Gasteiger partial charge in [0.2, 0.25) is 5.91 Å². The third-order valence-electron chi connectivity index (χ3n) is 3.25. The fourth-order valence-electron chi connectivity index (χ4n) is 2.15. The minimum Gasteiger partial charge on any atom is -0.325 e. The minimum absolute atomic E-state index is 0.110. The van der Waals surface area contributed by atoms with E-state index in [1.807, 2.05) is 39.0 Å². The number of nitrogens with one attached hydrogen (secondary N) is 2. The number of thioether (sulfide) groups is 1. The molecule has 0 fully saturated rings. The lowest BCUT2D eigenvalue weighted by molar-refractivity contribution is -0.113. The Balaban J connectivity index is 2.00. The summed E-state index contributed by atoms with van der Waals surface area (Å²) in [7, 11) is 0. The molecule has 1 aromatic carbocycles. The number of amides is 1. The summed E-state index contributed by atoms with van der Waals surface area (Å²) in [6.07, 6.45) is 0.835. The van der Waals surface area contributed by atoms with Crippen molar-refractivity contribution in [3.05, 3.63) is 39.8 Å². The number of para-hydroxylation sites is 1. The van der Waals surface area contributed by atoms with Crippen LogP contribution in [0.3, 0.4) is 0 Å². The fraction of sp³-hybridized carbons (Fsp3) is 0.400. The van der Waals surface area contributed by atoms with Crippen molar-refractivity contribution in [3.8, 4) is 0 Å². The van der Waals surface area contributed by atoms with E-state index in [4.69, 9.17) is 0 Å². The SMILES string of the molecule is CCCn1c(SCC(=O)Nc2c(C)cccc2C)n[nH]c1=O. The van der Waals surface area contributed by atoms with E-state index in [-0.39, 0.29) is 17.3 Å². The van der Waals surface area contributed by atoms with Gasteiger partial charge < -0.3 is 5.32 Å². The van der Waals surface area contributed by atoms with Crippen LogP contribution in [0.2, 0.25) is 0 Å². The van der Waals surface area contributed by atoms with Crippen LogP contribution in [-0.4, -0.2) is 26.4 Å². The Morgan fingerprint density at radius 2 is 2.05 bits per heavy atom. The predicted octanol–water partition coefficient (Wildman–Crippen LogP) is 2.33. The number of anilines is 1. The van der Waals surface area contributed by atoms with E-state index in [2.05, 4.69) is 15.5 Å². The van der Waals surface area contributed by atoms with Crippen LogP contribution < -0.4 is 11.0 Å². The van der Waals surface area contributed by atoms with Gasteiger partial charge >= 0.3 is 5.69 Å². The van der Waals surface area contributed by atoms with Gasteiger partial charge in [0.1, 0.15) is 0 Å². The zero-order valence-corrected chi connectivity index (χ0v) is 13.8. The van der Waals surface area contributed by atoms with Crippen LogP contribution in [0.15, 0.2) is 28.2 Å². The first-order valence-electron chi connectivity index (χ1n) is 7.17. The number of benzene rings is 1. The summed E-state index contributed by atoms with van der Waals surface area (Å²) in [6, 6.07) is 5.88. The monoisotopic (exact) mass is 320 g/mol. The highest BCUT2D eigenvalue weighted by Gasteiger charge is 2.12. The van der Waals surface area contributed by atoms with E-state index in [9.17, 15) is 9.59 Å². The van der Waals surface area contributed by atoms with E-state index >= 15 is 0 Å². The summed E-state index contributed by atoms with van der Waals surface area (Å²) in [5.41, 5.74) is 2.67. The number of nitrogens with zero attached hydrogens (tertiary/aromatic N) is 2. The van der Waals surface area contributed by atoms with Crippen LogP contribution in [0.4, 0.5) is 5.69 Å². The van der Waals surface area contributed by atoms with E-state index in [1.54, 1.807) is 4.57 Å². The van der Waals surface area contributed by atoms with Crippen molar-refractivity contribution in [2.45, 2.75) is 38.9 Å². The number of H-pyrrole nitrogens is 1. The molecule has 0 saturated heterocycles. The van der Waals surface area contributed by atoms with Crippen LogP contribution in [0.1, 0.15) is 24.5 Å². The Morgan fingerprint density at radius 3 is 2.68 bits per heavy atom. The van der Waals surface area contributed by atoms with Gasteiger partial charge in [-0.2, -0.15) is 0 Å². The van der Waals surface area contributed by atoms with Gasteiger partial charge in [0, 0.05) is 12.2 Å². The molecular weight excluding hydrogens is 300 g/mol. The summed E-state index contributed by atoms with van der Waals surface area (Å²) in [5.74, 6) is 0.0998. The maximum absolute atomic E-state index is 12.1. The molecule has 0 aliphatic rings. The van der Waals surface area contributed by atoms with Crippen molar-refractivity contribution < 1.29 is 4.79 Å². The molecule has 0 spiro atoms. The third kappa shape index (κ3) is 3.79. The molecule has 1 amide bonds. The van der Waals surface area contributed by atoms with Crippen LogP contribution in [0, 0.1) is 13.8 Å². The van der Waals surface area contributed by atoms with Crippen molar-refractivity contribution in [2.24, 2.45) is 0 Å². The van der Waals surface area contributed by atoms with Crippen LogP contribution in [0.25, 0.3) is 0 Å². The smallest absolute Gasteiger partial charge is 0.325 e. The van der Waals surface area contributed by atoms with Crippen LogP contribution in [-0.2, 0) is 11.3 Å². The maximum atomic E-state index is 12.1. The number of aryl methyl sites for hydroxylation is 2. The lowest BCUT2D eigenvalue weighted by Crippen LogP contribution is -2.19. The number of carbonyl (C=O) groups excluding carboxylic acids is 1. The second-order valence-corrected chi connectivity index (χ2v) is 6.01. The highest BCUT2D eigenvalue weighted by atomic mass is 32.2. The molecule has 1 aromatic heterocycles. The summed E-state index contributed by atoms with van der Waals surface area (Å²) in [4.78, 5) is 23.7. The van der Waals surface area contributed by atoms with Crippen LogP contribution in [0.5, 0.6) is 0 Å². The van der Waals surface area contributed by atoms with Crippen molar-refractivity contribution in [3.63, 3.8) is 0 Å². The zero-order valence-electron chi connectivity index (χ0n) is 13.0. The molecule has 0 atom stereocenters. The van der Waals surface area contributed by atoms with Crippen molar-refractivity contribution in [2.75, 3.05) is 11.1 Å². The van der Waals surface area contributed by atoms with Crippen molar-refractivity contribution >= 4 is 23.4 Å². The van der Waals surface area contributed by atoms with E-state index < -0.39 is 0 Å². The Labute approximate surface area is 133 Å². The molecule has 118 valence electrons. The lowest BCUT2D eigenvalue weighted by atomic mass is 10.1. The van der Waals surface area contributed by atoms with Gasteiger partial charge in [-0.25, -0.2) is 9.89 Å². The summed E-state index contributed by atoms with van der Waals surface area (Å²) in [5, 5.41) is 9.84. The Bertz CT molecular complexity index is 700. The van der Waals surface area contributed by atoms with Gasteiger partial charge in [-0.3, -0.25) is 9.36 Å². The molecule has 6 nitrogen and oxygen atoms in total. The van der Waals surface area contributed by atoms with E-state index in [0.29, 0.717) is 11.7 Å². The molecule has 2 aromatic rings. The first kappa shape index (κ1) is 16.4. The average molecular weight is 320 g/mol. The number of aromatic amines is 1. The molecule has 2 rings (SSSR count). The second kappa shape index (κ2) is 7.31. The maximum Gasteiger partial charge on any atom is 0.343 e. The summed E-state index contributed by atoms with van der Waals surface area (Å²) >= 11 is 1.26. The van der Waals surface area contributed by atoms with Gasteiger partial charge in [0.25, 0.3) is 0 Å².